The van der Waals surface area contributed by atoms with Gasteiger partial charge in [0.25, 0.3) is 0 Å². The van der Waals surface area contributed by atoms with Crippen LogP contribution in [0.25, 0.3) is 44.2 Å². The summed E-state index contributed by atoms with van der Waals surface area (Å²) in [4.78, 5) is 61.9. The normalized spacial score (nSPS) is 27.3. The van der Waals surface area contributed by atoms with Gasteiger partial charge in [-0.05, 0) is 130 Å². The number of likely N-dealkylation sites (tertiary alicyclic amines) is 2. The van der Waals surface area contributed by atoms with Crippen molar-refractivity contribution in [2.45, 2.75) is 135 Å². The van der Waals surface area contributed by atoms with E-state index in [2.05, 4.69) is 77.4 Å². The monoisotopic (exact) mass is 840 g/mol. The molecule has 3 aromatic carbocycles. The molecule has 1 saturated carbocycles. The van der Waals surface area contributed by atoms with Crippen molar-refractivity contribution in [2.75, 3.05) is 7.11 Å². The van der Waals surface area contributed by atoms with Crippen LogP contribution in [0.15, 0.2) is 48.7 Å². The van der Waals surface area contributed by atoms with Gasteiger partial charge < -0.3 is 39.3 Å². The number of H-pyrrole nitrogens is 2. The van der Waals surface area contributed by atoms with Gasteiger partial charge in [0.05, 0.1) is 60.7 Å². The summed E-state index contributed by atoms with van der Waals surface area (Å²) < 4.78 is 17.5. The molecule has 6 heterocycles. The molecule has 8 atom stereocenters. The van der Waals surface area contributed by atoms with Crippen LogP contribution >= 0.6 is 0 Å². The molecule has 3 saturated heterocycles. The Bertz CT molecular complexity index is 2540. The number of fused-ring (bicyclic) bond motifs is 7. The molecule has 5 aromatic rings. The van der Waals surface area contributed by atoms with Gasteiger partial charge in [-0.3, -0.25) is 9.59 Å². The highest BCUT2D eigenvalue weighted by molar-refractivity contribution is 6.07. The molecule has 1 radical (unpaired) electrons. The lowest BCUT2D eigenvalue weighted by atomic mass is 9.85. The SMILES string of the molecule is COC(=O)N[C@H](C(=O)N1[C@@H](C)CC[C@H]1c1nc2ccc3cc4c(cc3c2[nH]1)OCc1cc(-c2cnc([C@@H]3C[C@@H]5CCC[C@@H]5N3C(=O)[CH]C(C)C)[nH]2)ccc1-4)C1C[C@@H](C)O[C@H](C)C1. The van der Waals surface area contributed by atoms with Crippen LogP contribution in [-0.4, -0.2) is 85.1 Å². The second-order valence-corrected chi connectivity index (χ2v) is 19.0. The van der Waals surface area contributed by atoms with Gasteiger partial charge in [0, 0.05) is 23.0 Å². The van der Waals surface area contributed by atoms with Crippen LogP contribution in [0.4, 0.5) is 4.79 Å². The van der Waals surface area contributed by atoms with Gasteiger partial charge in [-0.2, -0.15) is 0 Å². The Labute approximate surface area is 362 Å². The van der Waals surface area contributed by atoms with Crippen molar-refractivity contribution in [3.8, 4) is 28.1 Å². The van der Waals surface area contributed by atoms with E-state index in [9.17, 15) is 14.4 Å². The lowest BCUT2D eigenvalue weighted by Crippen LogP contribution is -2.55. The number of hydrogen-bond acceptors (Lipinski definition) is 8. The zero-order chi connectivity index (χ0) is 43.0. The van der Waals surface area contributed by atoms with Crippen LogP contribution in [0, 0.1) is 24.2 Å². The predicted molar refractivity (Wildman–Crippen MR) is 236 cm³/mol. The quantitative estimate of drug-likeness (QED) is 0.140. The van der Waals surface area contributed by atoms with Crippen molar-refractivity contribution in [3.63, 3.8) is 0 Å². The van der Waals surface area contributed by atoms with Crippen molar-refractivity contribution >= 4 is 39.7 Å². The van der Waals surface area contributed by atoms with E-state index >= 15 is 0 Å². The Balaban J connectivity index is 0.914. The maximum atomic E-state index is 14.6. The van der Waals surface area contributed by atoms with Crippen LogP contribution < -0.4 is 10.1 Å². The summed E-state index contributed by atoms with van der Waals surface area (Å²) in [5.74, 6) is 3.05. The molecule has 62 heavy (non-hydrogen) atoms. The molecule has 325 valence electrons. The predicted octanol–water partition coefficient (Wildman–Crippen LogP) is 8.95. The summed E-state index contributed by atoms with van der Waals surface area (Å²) in [7, 11) is 1.33. The van der Waals surface area contributed by atoms with E-state index in [4.69, 9.17) is 24.2 Å². The number of carbonyl (C=O) groups is 3. The first-order valence-electron chi connectivity index (χ1n) is 22.7. The van der Waals surface area contributed by atoms with E-state index in [1.807, 2.05) is 37.4 Å². The minimum absolute atomic E-state index is 0.0219. The Morgan fingerprint density at radius 2 is 1.73 bits per heavy atom. The van der Waals surface area contributed by atoms with Gasteiger partial charge in [0.15, 0.2) is 0 Å². The van der Waals surface area contributed by atoms with Gasteiger partial charge in [-0.25, -0.2) is 14.8 Å². The average Bonchev–Trinajstić information content (AvgIpc) is 4.09. The number of alkyl carbamates (subject to hydrolysis) is 1. The first-order valence-corrected chi connectivity index (χ1v) is 22.7. The number of methoxy groups -OCH3 is 1. The number of aromatic nitrogens is 4. The number of amides is 3. The summed E-state index contributed by atoms with van der Waals surface area (Å²) in [6, 6.07) is 14.2. The third kappa shape index (κ3) is 7.19. The topological polar surface area (TPSA) is 155 Å². The van der Waals surface area contributed by atoms with Crippen molar-refractivity contribution in [1.82, 2.24) is 35.1 Å². The zero-order valence-corrected chi connectivity index (χ0v) is 36.6. The van der Waals surface area contributed by atoms with Crippen molar-refractivity contribution in [1.29, 1.82) is 0 Å². The van der Waals surface area contributed by atoms with Gasteiger partial charge in [-0.1, -0.05) is 38.5 Å². The molecular weight excluding hydrogens is 783 g/mol. The van der Waals surface area contributed by atoms with E-state index in [0.717, 1.165) is 92.8 Å². The maximum Gasteiger partial charge on any atom is 0.407 e. The lowest BCUT2D eigenvalue weighted by molar-refractivity contribution is -0.140. The molecular formula is C49H58N7O6. The van der Waals surface area contributed by atoms with Crippen molar-refractivity contribution in [3.05, 3.63) is 72.3 Å². The smallest absolute Gasteiger partial charge is 0.407 e. The molecule has 5 aliphatic rings. The molecule has 10 rings (SSSR count). The summed E-state index contributed by atoms with van der Waals surface area (Å²) in [6.45, 7) is 10.7. The number of rotatable bonds is 8. The van der Waals surface area contributed by atoms with Crippen LogP contribution in [0.3, 0.4) is 0 Å². The van der Waals surface area contributed by atoms with E-state index < -0.39 is 12.1 Å². The van der Waals surface area contributed by atoms with E-state index in [-0.39, 0.29) is 54.0 Å². The first-order chi connectivity index (χ1) is 29.9. The van der Waals surface area contributed by atoms with Crippen LogP contribution in [0.1, 0.15) is 115 Å². The van der Waals surface area contributed by atoms with Crippen molar-refractivity contribution in [2.24, 2.45) is 17.8 Å². The standard InChI is InChI=1S/C49H58N7O6/c1-25(2)16-43(57)56-39-9-7-8-31(39)21-41(56)46-50-23-38(52-46)30-11-13-34-33(19-30)24-61-42-22-35-29(20-36(34)42)12-14-37-45(35)53-47(51-37)40-15-10-26(3)55(40)48(58)44(54-49(59)60-6)32-17-27(4)62-28(5)18-32/h11-14,16,19-20,22-23,25-28,31-32,39-41,44H,7-10,15,17-18,21,24H2,1-6H3,(H,50,52)(H,51,53)(H,54,59)/t26-,27+,28+,31-,39-,40-,41-,44-/m0/s1. The summed E-state index contributed by atoms with van der Waals surface area (Å²) in [5, 5.41) is 4.96. The molecule has 4 fully saturated rings. The maximum absolute atomic E-state index is 14.6. The highest BCUT2D eigenvalue weighted by Gasteiger charge is 2.48. The highest BCUT2D eigenvalue weighted by atomic mass is 16.5. The number of benzene rings is 3. The fourth-order valence-corrected chi connectivity index (χ4v) is 11.6. The number of aromatic amines is 2. The van der Waals surface area contributed by atoms with Gasteiger partial charge in [0.1, 0.15) is 30.0 Å². The van der Waals surface area contributed by atoms with Crippen LogP contribution in [0.2, 0.25) is 0 Å². The van der Waals surface area contributed by atoms with Gasteiger partial charge >= 0.3 is 6.09 Å². The first kappa shape index (κ1) is 40.6. The molecule has 0 unspecified atom stereocenters. The molecule has 13 heteroatoms. The van der Waals surface area contributed by atoms with Gasteiger partial charge in [-0.15, -0.1) is 0 Å². The van der Waals surface area contributed by atoms with E-state index in [0.29, 0.717) is 31.4 Å². The van der Waals surface area contributed by atoms with Crippen LogP contribution in [0.5, 0.6) is 5.75 Å². The Hall–Kier alpha value is -5.43. The number of nitrogens with zero attached hydrogens (tertiary/aromatic N) is 4. The molecule has 3 amide bonds. The second kappa shape index (κ2) is 16.0. The fraction of sp³-hybridized carbons (Fsp3) is 0.510. The largest absolute Gasteiger partial charge is 0.488 e. The average molecular weight is 841 g/mol. The summed E-state index contributed by atoms with van der Waals surface area (Å²) in [6.07, 6.45) is 10.4. The van der Waals surface area contributed by atoms with E-state index in [1.54, 1.807) is 0 Å². The number of carbonyl (C=O) groups excluding carboxylic acids is 3. The number of ether oxygens (including phenoxy) is 3. The third-order valence-electron chi connectivity index (χ3n) is 14.3. The number of imidazole rings is 2. The van der Waals surface area contributed by atoms with Crippen molar-refractivity contribution < 1.29 is 28.6 Å². The molecule has 3 N–H and O–H groups in total. The Morgan fingerprint density at radius 1 is 0.903 bits per heavy atom. The second-order valence-electron chi connectivity index (χ2n) is 19.0. The highest BCUT2D eigenvalue weighted by Crippen LogP contribution is 2.48. The Kier molecular flexibility index (Phi) is 10.5. The minimum atomic E-state index is -0.739. The molecule has 0 spiro atoms. The number of hydrogen-bond donors (Lipinski definition) is 3. The fourth-order valence-electron chi connectivity index (χ4n) is 11.6. The minimum Gasteiger partial charge on any atom is -0.488 e. The lowest BCUT2D eigenvalue weighted by Gasteiger charge is -2.39. The summed E-state index contributed by atoms with van der Waals surface area (Å²) >= 11 is 0. The zero-order valence-electron chi connectivity index (χ0n) is 36.6. The van der Waals surface area contributed by atoms with Gasteiger partial charge in [0.2, 0.25) is 11.8 Å². The molecule has 13 nitrogen and oxygen atoms in total. The van der Waals surface area contributed by atoms with Crippen LogP contribution in [-0.2, 0) is 25.7 Å². The summed E-state index contributed by atoms with van der Waals surface area (Å²) in [5.41, 5.74) is 6.94. The Morgan fingerprint density at radius 3 is 2.52 bits per heavy atom. The third-order valence-corrected chi connectivity index (χ3v) is 14.3. The van der Waals surface area contributed by atoms with E-state index in [1.165, 1.54) is 20.0 Å². The molecule has 0 bridgehead atoms. The molecule has 2 aromatic heterocycles. The molecule has 1 aliphatic carbocycles. The number of nitrogens with one attached hydrogen (secondary N) is 3. The molecule has 4 aliphatic heterocycles.